The molecule has 0 unspecified atom stereocenters. The monoisotopic (exact) mass is 379 g/mol. The van der Waals surface area contributed by atoms with Crippen molar-refractivity contribution >= 4 is 21.4 Å². The largest absolute Gasteiger partial charge is 0.372 e. The number of piperidine rings is 1. The zero-order chi connectivity index (χ0) is 18.6. The molecule has 0 aromatic heterocycles. The zero-order valence-electron chi connectivity index (χ0n) is 16.2. The van der Waals surface area contributed by atoms with Crippen LogP contribution in [0.25, 0.3) is 0 Å². The number of rotatable bonds is 6. The molecule has 0 N–H and O–H groups in total. The molecule has 6 heteroatoms. The number of anilines is 2. The predicted octanol–water partition coefficient (Wildman–Crippen LogP) is 3.17. The zero-order valence-corrected chi connectivity index (χ0v) is 17.0. The fourth-order valence-corrected chi connectivity index (χ4v) is 5.45. The summed E-state index contributed by atoms with van der Waals surface area (Å²) in [5, 5.41) is 0. The summed E-state index contributed by atoms with van der Waals surface area (Å²) < 4.78 is 26.3. The van der Waals surface area contributed by atoms with Crippen LogP contribution in [0, 0.1) is 5.92 Å². The molecule has 5 nitrogen and oxygen atoms in total. The first-order valence-electron chi connectivity index (χ1n) is 10.1. The van der Waals surface area contributed by atoms with E-state index in [1.54, 1.807) is 4.31 Å². The van der Waals surface area contributed by atoms with Crippen molar-refractivity contribution in [3.8, 4) is 0 Å². The van der Waals surface area contributed by atoms with E-state index >= 15 is 0 Å². The van der Waals surface area contributed by atoms with E-state index in [1.807, 2.05) is 6.92 Å². The van der Waals surface area contributed by atoms with Crippen LogP contribution < -0.4 is 9.80 Å². The highest BCUT2D eigenvalue weighted by Crippen LogP contribution is 2.26. The van der Waals surface area contributed by atoms with Gasteiger partial charge in [0, 0.05) is 50.6 Å². The highest BCUT2D eigenvalue weighted by molar-refractivity contribution is 7.89. The molecule has 0 radical (unpaired) electrons. The standard InChI is InChI=1S/C20H33N3O2S/c1-3-4-17-26(24,25)23-15-13-22(14-16-23)20-7-5-19(6-8-20)21-11-9-18(2)10-12-21/h5-8,18H,3-4,9-17H2,1-2H3. The third kappa shape index (κ3) is 4.71. The molecule has 0 amide bonds. The van der Waals surface area contributed by atoms with Gasteiger partial charge in [0.05, 0.1) is 5.75 Å². The Hall–Kier alpha value is -1.27. The quantitative estimate of drug-likeness (QED) is 0.761. The van der Waals surface area contributed by atoms with Gasteiger partial charge in [-0.2, -0.15) is 4.31 Å². The third-order valence-corrected chi connectivity index (χ3v) is 7.71. The lowest BCUT2D eigenvalue weighted by Gasteiger charge is -2.36. The lowest BCUT2D eigenvalue weighted by Crippen LogP contribution is -2.49. The Bertz CT molecular complexity index is 659. The summed E-state index contributed by atoms with van der Waals surface area (Å²) in [5.74, 6) is 1.13. The highest BCUT2D eigenvalue weighted by atomic mass is 32.2. The minimum absolute atomic E-state index is 0.284. The molecule has 26 heavy (non-hydrogen) atoms. The van der Waals surface area contributed by atoms with Gasteiger partial charge in [-0.05, 0) is 49.4 Å². The van der Waals surface area contributed by atoms with Gasteiger partial charge in [-0.25, -0.2) is 8.42 Å². The fraction of sp³-hybridized carbons (Fsp3) is 0.700. The molecule has 2 fully saturated rings. The lowest BCUT2D eigenvalue weighted by molar-refractivity contribution is 0.384. The van der Waals surface area contributed by atoms with E-state index in [4.69, 9.17) is 0 Å². The van der Waals surface area contributed by atoms with Crippen molar-refractivity contribution in [2.75, 3.05) is 54.8 Å². The molecule has 2 heterocycles. The van der Waals surface area contributed by atoms with Gasteiger partial charge in [0.15, 0.2) is 0 Å². The van der Waals surface area contributed by atoms with E-state index in [-0.39, 0.29) is 5.75 Å². The van der Waals surface area contributed by atoms with Gasteiger partial charge in [-0.1, -0.05) is 20.3 Å². The van der Waals surface area contributed by atoms with Crippen LogP contribution in [-0.4, -0.2) is 57.7 Å². The second kappa shape index (κ2) is 8.61. The second-order valence-corrected chi connectivity index (χ2v) is 9.83. The molecule has 2 aliphatic heterocycles. The molecule has 0 spiro atoms. The van der Waals surface area contributed by atoms with Crippen LogP contribution in [0.15, 0.2) is 24.3 Å². The molecule has 146 valence electrons. The fourth-order valence-electron chi connectivity index (χ4n) is 3.82. The second-order valence-electron chi connectivity index (χ2n) is 7.74. The van der Waals surface area contributed by atoms with E-state index in [0.29, 0.717) is 13.1 Å². The Morgan fingerprint density at radius 1 is 0.885 bits per heavy atom. The van der Waals surface area contributed by atoms with Gasteiger partial charge in [-0.3, -0.25) is 0 Å². The van der Waals surface area contributed by atoms with Gasteiger partial charge >= 0.3 is 0 Å². The third-order valence-electron chi connectivity index (χ3n) is 5.75. The molecule has 0 bridgehead atoms. The van der Waals surface area contributed by atoms with E-state index in [9.17, 15) is 8.42 Å². The Labute approximate surface area is 159 Å². The topological polar surface area (TPSA) is 43.9 Å². The first-order valence-corrected chi connectivity index (χ1v) is 11.7. The van der Waals surface area contributed by atoms with Crippen LogP contribution in [0.4, 0.5) is 11.4 Å². The SMILES string of the molecule is CCCCS(=O)(=O)N1CCN(c2ccc(N3CCC(C)CC3)cc2)CC1. The summed E-state index contributed by atoms with van der Waals surface area (Å²) in [4.78, 5) is 4.77. The van der Waals surface area contributed by atoms with Crippen molar-refractivity contribution in [3.05, 3.63) is 24.3 Å². The average molecular weight is 380 g/mol. The van der Waals surface area contributed by atoms with Crippen LogP contribution in [0.2, 0.25) is 0 Å². The minimum atomic E-state index is -3.08. The summed E-state index contributed by atoms with van der Waals surface area (Å²) >= 11 is 0. The molecular formula is C20H33N3O2S. The molecular weight excluding hydrogens is 346 g/mol. The Kier molecular flexibility index (Phi) is 6.46. The molecule has 3 rings (SSSR count). The van der Waals surface area contributed by atoms with Crippen molar-refractivity contribution in [3.63, 3.8) is 0 Å². The predicted molar refractivity (Wildman–Crippen MR) is 110 cm³/mol. The number of piperazine rings is 1. The van der Waals surface area contributed by atoms with Gasteiger partial charge < -0.3 is 9.80 Å². The Balaban J connectivity index is 1.55. The van der Waals surface area contributed by atoms with Crippen LogP contribution in [-0.2, 0) is 10.0 Å². The maximum Gasteiger partial charge on any atom is 0.214 e. The van der Waals surface area contributed by atoms with Crippen molar-refractivity contribution in [1.82, 2.24) is 4.31 Å². The molecule has 0 aliphatic carbocycles. The van der Waals surface area contributed by atoms with Crippen LogP contribution in [0.5, 0.6) is 0 Å². The van der Waals surface area contributed by atoms with Crippen molar-refractivity contribution in [2.24, 2.45) is 5.92 Å². The molecule has 0 saturated carbocycles. The molecule has 1 aromatic rings. The van der Waals surface area contributed by atoms with Gasteiger partial charge in [0.25, 0.3) is 0 Å². The van der Waals surface area contributed by atoms with E-state index in [0.717, 1.165) is 44.9 Å². The van der Waals surface area contributed by atoms with Crippen LogP contribution >= 0.6 is 0 Å². The smallest absolute Gasteiger partial charge is 0.214 e. The molecule has 2 saturated heterocycles. The maximum atomic E-state index is 12.3. The number of hydrogen-bond donors (Lipinski definition) is 0. The van der Waals surface area contributed by atoms with Gasteiger partial charge in [0.2, 0.25) is 10.0 Å². The lowest BCUT2D eigenvalue weighted by atomic mass is 9.99. The average Bonchev–Trinajstić information content (AvgIpc) is 2.67. The van der Waals surface area contributed by atoms with Crippen molar-refractivity contribution in [2.45, 2.75) is 39.5 Å². The van der Waals surface area contributed by atoms with Gasteiger partial charge in [-0.15, -0.1) is 0 Å². The summed E-state index contributed by atoms with van der Waals surface area (Å²) in [6.45, 7) is 9.39. The summed E-state index contributed by atoms with van der Waals surface area (Å²) in [7, 11) is -3.08. The normalized spacial score (nSPS) is 20.5. The first-order chi connectivity index (χ1) is 12.5. The number of sulfonamides is 1. The van der Waals surface area contributed by atoms with Crippen molar-refractivity contribution < 1.29 is 8.42 Å². The number of nitrogens with zero attached hydrogens (tertiary/aromatic N) is 3. The molecule has 0 atom stereocenters. The maximum absolute atomic E-state index is 12.3. The Morgan fingerprint density at radius 2 is 1.38 bits per heavy atom. The first kappa shape index (κ1) is 19.5. The summed E-state index contributed by atoms with van der Waals surface area (Å²) in [6, 6.07) is 8.81. The minimum Gasteiger partial charge on any atom is -0.372 e. The summed E-state index contributed by atoms with van der Waals surface area (Å²) in [5.41, 5.74) is 2.51. The summed E-state index contributed by atoms with van der Waals surface area (Å²) in [6.07, 6.45) is 4.22. The van der Waals surface area contributed by atoms with Crippen molar-refractivity contribution in [1.29, 1.82) is 0 Å². The number of benzene rings is 1. The Morgan fingerprint density at radius 3 is 1.88 bits per heavy atom. The molecule has 2 aliphatic rings. The van der Waals surface area contributed by atoms with Crippen LogP contribution in [0.3, 0.4) is 0 Å². The van der Waals surface area contributed by atoms with E-state index in [2.05, 4.69) is 41.0 Å². The van der Waals surface area contributed by atoms with Crippen LogP contribution in [0.1, 0.15) is 39.5 Å². The van der Waals surface area contributed by atoms with E-state index < -0.39 is 10.0 Å². The molecule has 1 aromatic carbocycles. The number of hydrogen-bond acceptors (Lipinski definition) is 4. The highest BCUT2D eigenvalue weighted by Gasteiger charge is 2.26. The number of unbranched alkanes of at least 4 members (excludes halogenated alkanes) is 1. The van der Waals surface area contributed by atoms with Gasteiger partial charge in [0.1, 0.15) is 0 Å². The van der Waals surface area contributed by atoms with E-state index in [1.165, 1.54) is 24.2 Å².